The number of amides is 1. The second-order valence-corrected chi connectivity index (χ2v) is 3.21. The first kappa shape index (κ1) is 9.89. The first-order valence-corrected chi connectivity index (χ1v) is 4.48. The average Bonchev–Trinajstić information content (AvgIpc) is 2.62. The number of benzene rings is 1. The summed E-state index contributed by atoms with van der Waals surface area (Å²) in [6, 6.07) is 6.58. The number of hydrogen-bond acceptors (Lipinski definition) is 2. The lowest BCUT2D eigenvalue weighted by molar-refractivity contribution is -0.132. The molecule has 80 valence electrons. The van der Waals surface area contributed by atoms with Crippen LogP contribution >= 0.6 is 0 Å². The number of para-hydroxylation sites is 1. The Hall–Kier alpha value is -1.65. The van der Waals surface area contributed by atoms with E-state index < -0.39 is 18.4 Å². The Balaban J connectivity index is 2.11. The zero-order valence-corrected chi connectivity index (χ0v) is 7.74. The van der Waals surface area contributed by atoms with Gasteiger partial charge in [0.15, 0.2) is 0 Å². The van der Waals surface area contributed by atoms with Gasteiger partial charge < -0.3 is 10.1 Å². The Kier molecular flexibility index (Phi) is 2.53. The van der Waals surface area contributed by atoms with E-state index in [2.05, 4.69) is 5.32 Å². The number of alkyl halides is 2. The van der Waals surface area contributed by atoms with Crippen LogP contribution in [0.2, 0.25) is 0 Å². The zero-order chi connectivity index (χ0) is 10.8. The van der Waals surface area contributed by atoms with Crippen molar-refractivity contribution in [3.05, 3.63) is 29.8 Å². The minimum Gasteiger partial charge on any atom is -0.491 e. The van der Waals surface area contributed by atoms with E-state index in [0.29, 0.717) is 5.75 Å². The van der Waals surface area contributed by atoms with Gasteiger partial charge in [-0.3, -0.25) is 4.79 Å². The predicted molar refractivity (Wildman–Crippen MR) is 48.8 cm³/mol. The molecule has 0 saturated heterocycles. The molecule has 1 aliphatic heterocycles. The Morgan fingerprint density at radius 1 is 1.47 bits per heavy atom. The van der Waals surface area contributed by atoms with Gasteiger partial charge in [-0.1, -0.05) is 18.2 Å². The normalized spacial score (nSPS) is 18.5. The van der Waals surface area contributed by atoms with Crippen LogP contribution in [-0.4, -0.2) is 18.9 Å². The molecule has 1 heterocycles. The maximum atomic E-state index is 12.0. The van der Waals surface area contributed by atoms with Gasteiger partial charge in [-0.25, -0.2) is 0 Å². The van der Waals surface area contributed by atoms with Crippen LogP contribution in [0.15, 0.2) is 24.3 Å². The lowest BCUT2D eigenvalue weighted by Crippen LogP contribution is -2.33. The van der Waals surface area contributed by atoms with Crippen molar-refractivity contribution in [3.8, 4) is 5.75 Å². The molecule has 0 bridgehead atoms. The first-order chi connectivity index (χ1) is 7.18. The molecule has 0 aromatic heterocycles. The Labute approximate surface area is 85.0 Å². The number of rotatable bonds is 2. The summed E-state index contributed by atoms with van der Waals surface area (Å²) in [4.78, 5) is 10.8. The van der Waals surface area contributed by atoms with Crippen LogP contribution in [-0.2, 0) is 4.79 Å². The van der Waals surface area contributed by atoms with Gasteiger partial charge in [0.2, 0.25) is 0 Å². The minimum atomic E-state index is -2.99. The summed E-state index contributed by atoms with van der Waals surface area (Å²) in [5.74, 6) is -0.627. The van der Waals surface area contributed by atoms with Crippen molar-refractivity contribution in [1.29, 1.82) is 0 Å². The van der Waals surface area contributed by atoms with Crippen LogP contribution < -0.4 is 10.1 Å². The molecule has 15 heavy (non-hydrogen) atoms. The minimum absolute atomic E-state index is 0.206. The molecule has 0 spiro atoms. The molecule has 1 N–H and O–H groups in total. The molecule has 1 amide bonds. The highest BCUT2D eigenvalue weighted by Crippen LogP contribution is 2.31. The molecule has 0 aliphatic carbocycles. The van der Waals surface area contributed by atoms with Crippen molar-refractivity contribution in [2.75, 3.05) is 6.61 Å². The Morgan fingerprint density at radius 3 is 2.93 bits per heavy atom. The predicted octanol–water partition coefficient (Wildman–Crippen LogP) is 1.50. The van der Waals surface area contributed by atoms with Gasteiger partial charge in [-0.05, 0) is 6.07 Å². The van der Waals surface area contributed by atoms with Gasteiger partial charge in [0, 0.05) is 5.56 Å². The van der Waals surface area contributed by atoms with Gasteiger partial charge in [0.25, 0.3) is 5.91 Å². The number of halogens is 2. The standard InChI is InChI=1S/C10H9F2NO2/c11-9(12)10(14)13-7-5-15-8-4-2-1-3-6(7)8/h1-4,7,9H,5H2,(H,13,14). The molecule has 3 nitrogen and oxygen atoms in total. The number of fused-ring (bicyclic) bond motifs is 1. The van der Waals surface area contributed by atoms with Crippen molar-refractivity contribution in [3.63, 3.8) is 0 Å². The smallest absolute Gasteiger partial charge is 0.315 e. The maximum absolute atomic E-state index is 12.0. The molecule has 1 atom stereocenters. The fourth-order valence-corrected chi connectivity index (χ4v) is 1.52. The van der Waals surface area contributed by atoms with Crippen LogP contribution in [0.1, 0.15) is 11.6 Å². The molecule has 1 aromatic rings. The third-order valence-electron chi connectivity index (χ3n) is 2.21. The monoisotopic (exact) mass is 213 g/mol. The highest BCUT2D eigenvalue weighted by molar-refractivity contribution is 5.79. The van der Waals surface area contributed by atoms with Gasteiger partial charge in [-0.2, -0.15) is 8.78 Å². The SMILES string of the molecule is O=C(NC1COc2ccccc21)C(F)F. The van der Waals surface area contributed by atoms with Crippen molar-refractivity contribution in [2.45, 2.75) is 12.5 Å². The fraction of sp³-hybridized carbons (Fsp3) is 0.300. The van der Waals surface area contributed by atoms with Crippen LogP contribution in [0.5, 0.6) is 5.75 Å². The molecule has 0 saturated carbocycles. The molecule has 0 fully saturated rings. The largest absolute Gasteiger partial charge is 0.491 e. The molecule has 0 radical (unpaired) electrons. The van der Waals surface area contributed by atoms with Gasteiger partial charge in [0.05, 0.1) is 6.04 Å². The number of ether oxygens (including phenoxy) is 1. The van der Waals surface area contributed by atoms with Gasteiger partial charge in [0.1, 0.15) is 12.4 Å². The van der Waals surface area contributed by atoms with Crippen LogP contribution in [0.25, 0.3) is 0 Å². The van der Waals surface area contributed by atoms with E-state index in [1.54, 1.807) is 24.3 Å². The second-order valence-electron chi connectivity index (χ2n) is 3.21. The van der Waals surface area contributed by atoms with Gasteiger partial charge in [-0.15, -0.1) is 0 Å². The molecule has 1 unspecified atom stereocenters. The highest BCUT2D eigenvalue weighted by atomic mass is 19.3. The van der Waals surface area contributed by atoms with Gasteiger partial charge >= 0.3 is 6.43 Å². The van der Waals surface area contributed by atoms with E-state index in [4.69, 9.17) is 4.74 Å². The fourth-order valence-electron chi connectivity index (χ4n) is 1.52. The Bertz CT molecular complexity index is 381. The lowest BCUT2D eigenvalue weighted by atomic mass is 10.1. The van der Waals surface area contributed by atoms with E-state index >= 15 is 0 Å². The zero-order valence-electron chi connectivity index (χ0n) is 7.74. The topological polar surface area (TPSA) is 38.3 Å². The average molecular weight is 213 g/mol. The molecular formula is C10H9F2NO2. The van der Waals surface area contributed by atoms with E-state index in [1.807, 2.05) is 0 Å². The second kappa shape index (κ2) is 3.84. The number of carbonyl (C=O) groups is 1. The molecule has 1 aromatic carbocycles. The third kappa shape index (κ3) is 1.91. The molecule has 5 heteroatoms. The third-order valence-corrected chi connectivity index (χ3v) is 2.21. The summed E-state index contributed by atoms with van der Waals surface area (Å²) in [7, 11) is 0. The van der Waals surface area contributed by atoms with Crippen molar-refractivity contribution in [1.82, 2.24) is 5.32 Å². The van der Waals surface area contributed by atoms with E-state index in [-0.39, 0.29) is 6.61 Å². The maximum Gasteiger partial charge on any atom is 0.315 e. The van der Waals surface area contributed by atoms with Crippen LogP contribution in [0, 0.1) is 0 Å². The summed E-state index contributed by atoms with van der Waals surface area (Å²) in [5, 5.41) is 2.22. The van der Waals surface area contributed by atoms with Crippen molar-refractivity contribution >= 4 is 5.91 Å². The first-order valence-electron chi connectivity index (χ1n) is 4.48. The summed E-state index contributed by atoms with van der Waals surface area (Å²) in [5.41, 5.74) is 0.742. The summed E-state index contributed by atoms with van der Waals surface area (Å²) in [6.45, 7) is 0.206. The Morgan fingerprint density at radius 2 is 2.20 bits per heavy atom. The molecule has 2 rings (SSSR count). The number of nitrogens with one attached hydrogen (secondary N) is 1. The van der Waals surface area contributed by atoms with Crippen LogP contribution in [0.4, 0.5) is 8.78 Å². The number of carbonyl (C=O) groups excluding carboxylic acids is 1. The lowest BCUT2D eigenvalue weighted by Gasteiger charge is -2.10. The quantitative estimate of drug-likeness (QED) is 0.808. The highest BCUT2D eigenvalue weighted by Gasteiger charge is 2.27. The van der Waals surface area contributed by atoms with Crippen molar-refractivity contribution < 1.29 is 18.3 Å². The van der Waals surface area contributed by atoms with E-state index in [9.17, 15) is 13.6 Å². The van der Waals surface area contributed by atoms with E-state index in [0.717, 1.165) is 5.56 Å². The summed E-state index contributed by atoms with van der Waals surface area (Å²) in [6.07, 6.45) is -2.99. The summed E-state index contributed by atoms with van der Waals surface area (Å²) < 4.78 is 29.2. The molecular weight excluding hydrogens is 204 g/mol. The van der Waals surface area contributed by atoms with E-state index in [1.165, 1.54) is 0 Å². The molecule has 1 aliphatic rings. The van der Waals surface area contributed by atoms with Crippen LogP contribution in [0.3, 0.4) is 0 Å². The summed E-state index contributed by atoms with van der Waals surface area (Å²) >= 11 is 0. The number of hydrogen-bond donors (Lipinski definition) is 1. The van der Waals surface area contributed by atoms with Crippen molar-refractivity contribution in [2.24, 2.45) is 0 Å².